The summed E-state index contributed by atoms with van der Waals surface area (Å²) in [4.78, 5) is 17.0. The predicted molar refractivity (Wildman–Crippen MR) is 67.5 cm³/mol. The number of phosphoric ester groups is 1. The van der Waals surface area contributed by atoms with E-state index in [9.17, 15) is 9.67 Å². The second kappa shape index (κ2) is 6.80. The second-order valence-corrected chi connectivity index (χ2v) is 4.95. The molecule has 0 saturated carbocycles. The van der Waals surface area contributed by atoms with Crippen molar-refractivity contribution in [2.45, 2.75) is 12.1 Å². The van der Waals surface area contributed by atoms with Crippen LogP contribution >= 0.6 is 7.82 Å². The Kier molecular flexibility index (Phi) is 5.68. The average Bonchev–Trinajstić information content (AvgIpc) is 2.33. The van der Waals surface area contributed by atoms with Gasteiger partial charge in [0.25, 0.3) is 0 Å². The van der Waals surface area contributed by atoms with Gasteiger partial charge in [-0.25, -0.2) is 4.57 Å². The summed E-state index contributed by atoms with van der Waals surface area (Å²) in [5, 5.41) is 9.63. The molecule has 0 saturated heterocycles. The summed E-state index contributed by atoms with van der Waals surface area (Å²) in [5.41, 5.74) is 6.41. The first-order chi connectivity index (χ1) is 8.38. The zero-order valence-corrected chi connectivity index (χ0v) is 10.5. The van der Waals surface area contributed by atoms with Gasteiger partial charge in [0.1, 0.15) is 0 Å². The van der Waals surface area contributed by atoms with Crippen LogP contribution in [0, 0.1) is 0 Å². The lowest BCUT2D eigenvalue weighted by Gasteiger charge is -2.15. The summed E-state index contributed by atoms with van der Waals surface area (Å²) in [6, 6.07) is 8.36. The minimum Gasteiger partial charge on any atom is -0.387 e. The standard InChI is InChI=1S/C11H16NO5P/c12-10(8-17-18(14,15)16)11(13)7-6-9-4-2-1-3-5-9/h1-7,10-11,13H,8,12H2,(H2,14,15,16). The molecule has 7 heteroatoms. The van der Waals surface area contributed by atoms with Crippen molar-refractivity contribution in [3.8, 4) is 0 Å². The van der Waals surface area contributed by atoms with E-state index in [1.165, 1.54) is 6.08 Å². The van der Waals surface area contributed by atoms with Gasteiger partial charge in [-0.2, -0.15) is 0 Å². The van der Waals surface area contributed by atoms with Gasteiger partial charge in [-0.05, 0) is 5.56 Å². The van der Waals surface area contributed by atoms with E-state index in [0.717, 1.165) is 5.56 Å². The molecular weight excluding hydrogens is 257 g/mol. The molecule has 0 bridgehead atoms. The topological polar surface area (TPSA) is 113 Å². The average molecular weight is 273 g/mol. The molecule has 0 heterocycles. The minimum absolute atomic E-state index is 0.426. The number of hydrogen-bond acceptors (Lipinski definition) is 4. The summed E-state index contributed by atoms with van der Waals surface area (Å²) >= 11 is 0. The van der Waals surface area contributed by atoms with E-state index in [1.807, 2.05) is 30.3 Å². The Morgan fingerprint density at radius 2 is 1.94 bits per heavy atom. The van der Waals surface area contributed by atoms with Crippen molar-refractivity contribution in [1.29, 1.82) is 0 Å². The van der Waals surface area contributed by atoms with Gasteiger partial charge < -0.3 is 20.6 Å². The summed E-state index contributed by atoms with van der Waals surface area (Å²) in [5.74, 6) is 0. The molecule has 18 heavy (non-hydrogen) atoms. The van der Waals surface area contributed by atoms with Crippen LogP contribution < -0.4 is 5.73 Å². The molecule has 1 rings (SSSR count). The van der Waals surface area contributed by atoms with Gasteiger partial charge >= 0.3 is 7.82 Å². The number of phosphoric acid groups is 1. The van der Waals surface area contributed by atoms with Crippen molar-refractivity contribution < 1.29 is 24.0 Å². The van der Waals surface area contributed by atoms with Gasteiger partial charge in [-0.3, -0.25) is 4.52 Å². The SMILES string of the molecule is NC(COP(=O)(O)O)C(O)C=Cc1ccccc1. The Bertz CT molecular complexity index is 430. The summed E-state index contributed by atoms with van der Waals surface area (Å²) in [6.45, 7) is -0.426. The number of nitrogens with two attached hydrogens (primary N) is 1. The van der Waals surface area contributed by atoms with E-state index < -0.39 is 26.6 Å². The van der Waals surface area contributed by atoms with Crippen LogP contribution in [-0.2, 0) is 9.09 Å². The van der Waals surface area contributed by atoms with Gasteiger partial charge in [0.05, 0.1) is 18.8 Å². The maximum absolute atomic E-state index is 10.5. The van der Waals surface area contributed by atoms with Crippen LogP contribution in [0.25, 0.3) is 6.08 Å². The molecule has 2 atom stereocenters. The molecule has 6 nitrogen and oxygen atoms in total. The van der Waals surface area contributed by atoms with E-state index in [2.05, 4.69) is 4.52 Å². The van der Waals surface area contributed by atoms with Gasteiger partial charge in [0.2, 0.25) is 0 Å². The molecule has 1 aromatic rings. The number of benzene rings is 1. The van der Waals surface area contributed by atoms with E-state index in [-0.39, 0.29) is 0 Å². The van der Waals surface area contributed by atoms with Gasteiger partial charge in [-0.15, -0.1) is 0 Å². The summed E-state index contributed by atoms with van der Waals surface area (Å²) in [6.07, 6.45) is 2.07. The van der Waals surface area contributed by atoms with E-state index >= 15 is 0 Å². The third-order valence-corrected chi connectivity index (χ3v) is 2.64. The lowest BCUT2D eigenvalue weighted by molar-refractivity contribution is 0.129. The first kappa shape index (κ1) is 15.0. The van der Waals surface area contributed by atoms with E-state index in [1.54, 1.807) is 6.08 Å². The zero-order valence-electron chi connectivity index (χ0n) is 9.59. The highest BCUT2D eigenvalue weighted by molar-refractivity contribution is 7.46. The van der Waals surface area contributed by atoms with Crippen molar-refractivity contribution in [3.63, 3.8) is 0 Å². The van der Waals surface area contributed by atoms with Crippen LogP contribution in [0.2, 0.25) is 0 Å². The second-order valence-electron chi connectivity index (χ2n) is 3.71. The minimum atomic E-state index is -4.55. The van der Waals surface area contributed by atoms with Crippen molar-refractivity contribution in [2.24, 2.45) is 5.73 Å². The summed E-state index contributed by atoms with van der Waals surface area (Å²) < 4.78 is 14.7. The molecule has 0 aromatic heterocycles. The van der Waals surface area contributed by atoms with Crippen molar-refractivity contribution in [2.75, 3.05) is 6.61 Å². The van der Waals surface area contributed by atoms with Crippen molar-refractivity contribution in [1.82, 2.24) is 0 Å². The van der Waals surface area contributed by atoms with Gasteiger partial charge in [0.15, 0.2) is 0 Å². The van der Waals surface area contributed by atoms with Crippen LogP contribution in [0.5, 0.6) is 0 Å². The van der Waals surface area contributed by atoms with Crippen LogP contribution in [0.3, 0.4) is 0 Å². The molecule has 1 aromatic carbocycles. The van der Waals surface area contributed by atoms with Crippen LogP contribution in [0.15, 0.2) is 36.4 Å². The fraction of sp³-hybridized carbons (Fsp3) is 0.273. The highest BCUT2D eigenvalue weighted by atomic mass is 31.2. The Morgan fingerprint density at radius 3 is 2.50 bits per heavy atom. The quantitative estimate of drug-likeness (QED) is 0.561. The highest BCUT2D eigenvalue weighted by Gasteiger charge is 2.19. The molecule has 0 spiro atoms. The maximum atomic E-state index is 10.5. The fourth-order valence-electron chi connectivity index (χ4n) is 1.20. The Morgan fingerprint density at radius 1 is 1.33 bits per heavy atom. The first-order valence-corrected chi connectivity index (χ1v) is 6.78. The van der Waals surface area contributed by atoms with E-state index in [0.29, 0.717) is 0 Å². The third-order valence-electron chi connectivity index (χ3n) is 2.16. The maximum Gasteiger partial charge on any atom is 0.469 e. The lowest BCUT2D eigenvalue weighted by atomic mass is 10.1. The van der Waals surface area contributed by atoms with Crippen LogP contribution in [0.4, 0.5) is 0 Å². The molecule has 2 unspecified atom stereocenters. The monoisotopic (exact) mass is 273 g/mol. The predicted octanol–water partition coefficient (Wildman–Crippen LogP) is 0.497. The summed E-state index contributed by atoms with van der Waals surface area (Å²) in [7, 11) is -4.55. The van der Waals surface area contributed by atoms with Gasteiger partial charge in [-0.1, -0.05) is 42.5 Å². The molecule has 0 radical (unpaired) electrons. The molecule has 100 valence electrons. The number of hydrogen-bond donors (Lipinski definition) is 4. The smallest absolute Gasteiger partial charge is 0.387 e. The van der Waals surface area contributed by atoms with Crippen LogP contribution in [0.1, 0.15) is 5.56 Å². The number of aliphatic hydroxyl groups is 1. The first-order valence-electron chi connectivity index (χ1n) is 5.25. The highest BCUT2D eigenvalue weighted by Crippen LogP contribution is 2.35. The molecule has 5 N–H and O–H groups in total. The molecule has 0 aliphatic rings. The molecule has 0 amide bonds. The van der Waals surface area contributed by atoms with Crippen LogP contribution in [-0.4, -0.2) is 33.6 Å². The number of rotatable bonds is 6. The Balaban J connectivity index is 2.47. The van der Waals surface area contributed by atoms with Gasteiger partial charge in [0, 0.05) is 0 Å². The molecule has 0 fully saturated rings. The lowest BCUT2D eigenvalue weighted by Crippen LogP contribution is -2.37. The number of aliphatic hydroxyl groups excluding tert-OH is 1. The molecule has 0 aliphatic heterocycles. The van der Waals surface area contributed by atoms with Crippen molar-refractivity contribution >= 4 is 13.9 Å². The molecule has 0 aliphatic carbocycles. The zero-order chi connectivity index (χ0) is 13.6. The van der Waals surface area contributed by atoms with E-state index in [4.69, 9.17) is 15.5 Å². The van der Waals surface area contributed by atoms with Crippen molar-refractivity contribution in [3.05, 3.63) is 42.0 Å². The fourth-order valence-corrected chi connectivity index (χ4v) is 1.56. The third kappa shape index (κ3) is 6.07. The Hall–Kier alpha value is -1.01. The molecular formula is C11H16NO5P. The Labute approximate surface area is 105 Å². The largest absolute Gasteiger partial charge is 0.469 e. The normalized spacial score (nSPS) is 15.8.